The van der Waals surface area contributed by atoms with Gasteiger partial charge in [-0.15, -0.1) is 5.10 Å². The number of aryl methyl sites for hydroxylation is 1. The first-order chi connectivity index (χ1) is 8.16. The number of nitrogens with one attached hydrogen (secondary N) is 1. The van der Waals surface area contributed by atoms with E-state index in [1.54, 1.807) is 31.3 Å². The Kier molecular flexibility index (Phi) is 3.13. The van der Waals surface area contributed by atoms with Gasteiger partial charge in [0.1, 0.15) is 5.82 Å². The molecular formula is C11H13N5O. The van der Waals surface area contributed by atoms with Crippen molar-refractivity contribution >= 4 is 5.91 Å². The predicted molar refractivity (Wildman–Crippen MR) is 61.2 cm³/mol. The van der Waals surface area contributed by atoms with Crippen molar-refractivity contribution in [3.8, 4) is 0 Å². The molecule has 0 aromatic carbocycles. The largest absolute Gasteiger partial charge is 0.335 e. The molecule has 0 aliphatic carbocycles. The maximum atomic E-state index is 11.9. The van der Waals surface area contributed by atoms with Crippen molar-refractivity contribution in [1.82, 2.24) is 25.1 Å². The summed E-state index contributed by atoms with van der Waals surface area (Å²) in [5.74, 6) is 0.607. The van der Waals surface area contributed by atoms with Crippen molar-refractivity contribution < 1.29 is 4.79 Å². The minimum Gasteiger partial charge on any atom is -0.335 e. The fourth-order valence-corrected chi connectivity index (χ4v) is 1.45. The fourth-order valence-electron chi connectivity index (χ4n) is 1.45. The van der Waals surface area contributed by atoms with Crippen molar-refractivity contribution in [2.75, 3.05) is 7.05 Å². The first-order valence-electron chi connectivity index (χ1n) is 5.20. The van der Waals surface area contributed by atoms with Crippen LogP contribution in [0.1, 0.15) is 22.0 Å². The van der Waals surface area contributed by atoms with Crippen LogP contribution in [0.2, 0.25) is 0 Å². The summed E-state index contributed by atoms with van der Waals surface area (Å²) in [6, 6.07) is 3.75. The molecule has 2 aromatic heterocycles. The van der Waals surface area contributed by atoms with Gasteiger partial charge in [-0.25, -0.2) is 4.98 Å². The van der Waals surface area contributed by atoms with E-state index in [-0.39, 0.29) is 11.7 Å². The lowest BCUT2D eigenvalue weighted by atomic mass is 10.2. The number of aromatic nitrogens is 4. The zero-order valence-electron chi connectivity index (χ0n) is 9.71. The summed E-state index contributed by atoms with van der Waals surface area (Å²) >= 11 is 0. The highest BCUT2D eigenvalue weighted by Crippen LogP contribution is 2.04. The van der Waals surface area contributed by atoms with E-state index in [2.05, 4.69) is 20.2 Å². The van der Waals surface area contributed by atoms with Crippen LogP contribution < -0.4 is 0 Å². The average Bonchev–Trinajstić information content (AvgIpc) is 2.76. The molecule has 0 bridgehead atoms. The number of nitrogens with zero attached hydrogens (tertiary/aromatic N) is 4. The molecule has 0 saturated heterocycles. The summed E-state index contributed by atoms with van der Waals surface area (Å²) in [6.07, 6.45) is 3.43. The van der Waals surface area contributed by atoms with Gasteiger partial charge in [0, 0.05) is 26.0 Å². The molecule has 1 amide bonds. The maximum Gasteiger partial charge on any atom is 0.293 e. The number of H-pyrrole nitrogens is 1. The van der Waals surface area contributed by atoms with Gasteiger partial charge in [0.15, 0.2) is 0 Å². The molecule has 88 valence electrons. The SMILES string of the molecule is Cc1nc(C(=O)N(C)Cc2cccnc2)n[nH]1. The molecule has 2 heterocycles. The lowest BCUT2D eigenvalue weighted by Gasteiger charge is -2.14. The van der Waals surface area contributed by atoms with Crippen LogP contribution in [0.5, 0.6) is 0 Å². The first kappa shape index (κ1) is 11.3. The van der Waals surface area contributed by atoms with Crippen LogP contribution in [0.15, 0.2) is 24.5 Å². The van der Waals surface area contributed by atoms with Crippen molar-refractivity contribution in [2.45, 2.75) is 13.5 Å². The molecule has 0 saturated carbocycles. The quantitative estimate of drug-likeness (QED) is 0.847. The van der Waals surface area contributed by atoms with Gasteiger partial charge in [-0.05, 0) is 18.6 Å². The van der Waals surface area contributed by atoms with Gasteiger partial charge in [-0.1, -0.05) is 6.07 Å². The first-order valence-corrected chi connectivity index (χ1v) is 5.20. The molecular weight excluding hydrogens is 218 g/mol. The Morgan fingerprint density at radius 3 is 2.94 bits per heavy atom. The predicted octanol–water partition coefficient (Wildman–Crippen LogP) is 0.780. The molecule has 6 heteroatoms. The third-order valence-electron chi connectivity index (χ3n) is 2.28. The molecule has 0 aliphatic heterocycles. The molecule has 0 unspecified atom stereocenters. The van der Waals surface area contributed by atoms with E-state index in [1.807, 2.05) is 12.1 Å². The zero-order chi connectivity index (χ0) is 12.3. The molecule has 1 N–H and O–H groups in total. The Morgan fingerprint density at radius 2 is 2.35 bits per heavy atom. The second-order valence-electron chi connectivity index (χ2n) is 3.77. The van der Waals surface area contributed by atoms with Crippen molar-refractivity contribution in [3.05, 3.63) is 41.7 Å². The van der Waals surface area contributed by atoms with Gasteiger partial charge in [-0.2, -0.15) is 0 Å². The molecule has 0 spiro atoms. The Bertz CT molecular complexity index is 508. The number of aromatic amines is 1. The van der Waals surface area contributed by atoms with Crippen LogP contribution in [0.3, 0.4) is 0 Å². The van der Waals surface area contributed by atoms with Gasteiger partial charge < -0.3 is 4.90 Å². The normalized spacial score (nSPS) is 10.2. The summed E-state index contributed by atoms with van der Waals surface area (Å²) < 4.78 is 0. The summed E-state index contributed by atoms with van der Waals surface area (Å²) in [4.78, 5) is 21.5. The minimum atomic E-state index is -0.210. The van der Waals surface area contributed by atoms with Crippen molar-refractivity contribution in [3.63, 3.8) is 0 Å². The second-order valence-corrected chi connectivity index (χ2v) is 3.77. The summed E-state index contributed by atoms with van der Waals surface area (Å²) in [6.45, 7) is 2.24. The topological polar surface area (TPSA) is 74.8 Å². The van der Waals surface area contributed by atoms with Crippen LogP contribution in [-0.4, -0.2) is 38.0 Å². The number of amides is 1. The van der Waals surface area contributed by atoms with E-state index in [4.69, 9.17) is 0 Å². The van der Waals surface area contributed by atoms with Gasteiger partial charge in [0.25, 0.3) is 5.91 Å². The van der Waals surface area contributed by atoms with Crippen LogP contribution >= 0.6 is 0 Å². The molecule has 0 atom stereocenters. The van der Waals surface area contributed by atoms with E-state index < -0.39 is 0 Å². The standard InChI is InChI=1S/C11H13N5O/c1-8-13-10(15-14-8)11(17)16(2)7-9-4-3-5-12-6-9/h3-6H,7H2,1-2H3,(H,13,14,15). The second kappa shape index (κ2) is 4.73. The Morgan fingerprint density at radius 1 is 1.53 bits per heavy atom. The van der Waals surface area contributed by atoms with Crippen molar-refractivity contribution in [1.29, 1.82) is 0 Å². The van der Waals surface area contributed by atoms with Gasteiger partial charge >= 0.3 is 0 Å². The summed E-state index contributed by atoms with van der Waals surface area (Å²) in [7, 11) is 1.71. The Labute approximate surface area is 98.7 Å². The third kappa shape index (κ3) is 2.66. The highest BCUT2D eigenvalue weighted by atomic mass is 16.2. The average molecular weight is 231 g/mol. The number of rotatable bonds is 3. The number of carbonyl (C=O) groups excluding carboxylic acids is 1. The summed E-state index contributed by atoms with van der Waals surface area (Å²) in [5.41, 5.74) is 0.968. The molecule has 2 rings (SSSR count). The maximum absolute atomic E-state index is 11.9. The van der Waals surface area contributed by atoms with Crippen LogP contribution in [0.25, 0.3) is 0 Å². The zero-order valence-corrected chi connectivity index (χ0v) is 9.71. The number of hydrogen-bond acceptors (Lipinski definition) is 4. The molecule has 0 radical (unpaired) electrons. The minimum absolute atomic E-state index is 0.189. The lowest BCUT2D eigenvalue weighted by Crippen LogP contribution is -2.27. The van der Waals surface area contributed by atoms with E-state index in [0.29, 0.717) is 12.4 Å². The molecule has 2 aromatic rings. The van der Waals surface area contributed by atoms with Crippen LogP contribution in [0.4, 0.5) is 0 Å². The van der Waals surface area contributed by atoms with Gasteiger partial charge in [0.05, 0.1) is 0 Å². The molecule has 0 fully saturated rings. The fraction of sp³-hybridized carbons (Fsp3) is 0.273. The Hall–Kier alpha value is -2.24. The van der Waals surface area contributed by atoms with E-state index in [1.165, 1.54) is 0 Å². The van der Waals surface area contributed by atoms with E-state index in [0.717, 1.165) is 5.56 Å². The lowest BCUT2D eigenvalue weighted by molar-refractivity contribution is 0.0773. The highest BCUT2D eigenvalue weighted by Gasteiger charge is 2.16. The number of pyridine rings is 1. The Balaban J connectivity index is 2.06. The smallest absolute Gasteiger partial charge is 0.293 e. The number of hydrogen-bond donors (Lipinski definition) is 1. The molecule has 6 nitrogen and oxygen atoms in total. The van der Waals surface area contributed by atoms with E-state index >= 15 is 0 Å². The summed E-state index contributed by atoms with van der Waals surface area (Å²) in [5, 5.41) is 6.48. The van der Waals surface area contributed by atoms with Crippen LogP contribution in [0, 0.1) is 6.92 Å². The monoisotopic (exact) mass is 231 g/mol. The van der Waals surface area contributed by atoms with Gasteiger partial charge in [0.2, 0.25) is 5.82 Å². The molecule has 17 heavy (non-hydrogen) atoms. The third-order valence-corrected chi connectivity index (χ3v) is 2.28. The molecule has 0 aliphatic rings. The van der Waals surface area contributed by atoms with Crippen molar-refractivity contribution in [2.24, 2.45) is 0 Å². The van der Waals surface area contributed by atoms with Gasteiger partial charge in [-0.3, -0.25) is 14.9 Å². The van der Waals surface area contributed by atoms with E-state index in [9.17, 15) is 4.79 Å². The highest BCUT2D eigenvalue weighted by molar-refractivity contribution is 5.90. The number of carbonyl (C=O) groups is 1. The van der Waals surface area contributed by atoms with Crippen LogP contribution in [-0.2, 0) is 6.54 Å².